The highest BCUT2D eigenvalue weighted by atomic mass is 16.5. The number of nitrogens with one attached hydrogen (secondary N) is 1. The third kappa shape index (κ3) is 4.33. The van der Waals surface area contributed by atoms with Crippen LogP contribution in [0.15, 0.2) is 59.0 Å². The highest BCUT2D eigenvalue weighted by molar-refractivity contribution is 5.90. The van der Waals surface area contributed by atoms with Crippen LogP contribution in [0.4, 0.5) is 5.69 Å². The zero-order chi connectivity index (χ0) is 18.5. The molecule has 0 spiro atoms. The molecule has 26 heavy (non-hydrogen) atoms. The van der Waals surface area contributed by atoms with E-state index in [4.69, 9.17) is 9.15 Å². The van der Waals surface area contributed by atoms with Crippen LogP contribution in [0.1, 0.15) is 23.3 Å². The lowest BCUT2D eigenvalue weighted by molar-refractivity contribution is -0.116. The van der Waals surface area contributed by atoms with Crippen LogP contribution in [0, 0.1) is 13.8 Å². The molecule has 0 aliphatic rings. The van der Waals surface area contributed by atoms with Crippen molar-refractivity contribution in [1.29, 1.82) is 0 Å². The molecule has 0 fully saturated rings. The van der Waals surface area contributed by atoms with Crippen LogP contribution in [0.25, 0.3) is 11.3 Å². The second-order valence-electron chi connectivity index (χ2n) is 6.34. The van der Waals surface area contributed by atoms with Crippen LogP contribution in [0.2, 0.25) is 0 Å². The lowest BCUT2D eigenvalue weighted by atomic mass is 10.1. The molecule has 1 aromatic heterocycles. The Balaban J connectivity index is 1.57. The summed E-state index contributed by atoms with van der Waals surface area (Å²) in [4.78, 5) is 12.1. The van der Waals surface area contributed by atoms with Crippen LogP contribution in [-0.2, 0) is 11.2 Å². The van der Waals surface area contributed by atoms with E-state index in [0.717, 1.165) is 28.5 Å². The number of anilines is 1. The molecule has 0 saturated heterocycles. The molecule has 3 aromatic rings. The highest BCUT2D eigenvalue weighted by Crippen LogP contribution is 2.25. The van der Waals surface area contributed by atoms with E-state index >= 15 is 0 Å². The first-order valence-corrected chi connectivity index (χ1v) is 8.65. The Morgan fingerprint density at radius 1 is 1.00 bits per heavy atom. The number of aryl methyl sites for hydroxylation is 3. The first-order valence-electron chi connectivity index (χ1n) is 8.65. The van der Waals surface area contributed by atoms with E-state index in [1.165, 1.54) is 11.1 Å². The fraction of sp³-hybridized carbons (Fsp3) is 0.227. The SMILES string of the molecule is COc1ccc(NC(=O)CCc2ccc(-c3ccc(C)c(C)c3)o2)cc1. The molecular weight excluding hydrogens is 326 g/mol. The third-order valence-corrected chi connectivity index (χ3v) is 4.43. The lowest BCUT2D eigenvalue weighted by Crippen LogP contribution is -2.12. The summed E-state index contributed by atoms with van der Waals surface area (Å²) in [5.74, 6) is 2.36. The van der Waals surface area contributed by atoms with Gasteiger partial charge in [-0.05, 0) is 67.4 Å². The largest absolute Gasteiger partial charge is 0.497 e. The van der Waals surface area contributed by atoms with Gasteiger partial charge < -0.3 is 14.5 Å². The van der Waals surface area contributed by atoms with Gasteiger partial charge in [0.1, 0.15) is 17.3 Å². The fourth-order valence-electron chi connectivity index (χ4n) is 2.70. The molecule has 3 rings (SSSR count). The standard InChI is InChI=1S/C22H23NO3/c1-15-4-5-17(14-16(15)2)21-12-10-20(26-21)11-13-22(24)23-18-6-8-19(25-3)9-7-18/h4-10,12,14H,11,13H2,1-3H3,(H,23,24). The van der Waals surface area contributed by atoms with Crippen molar-refractivity contribution >= 4 is 11.6 Å². The number of carbonyl (C=O) groups is 1. The average molecular weight is 349 g/mol. The molecule has 1 amide bonds. The van der Waals surface area contributed by atoms with Crippen molar-refractivity contribution in [3.8, 4) is 17.1 Å². The molecule has 0 aliphatic heterocycles. The minimum Gasteiger partial charge on any atom is -0.497 e. The number of hydrogen-bond donors (Lipinski definition) is 1. The maximum atomic E-state index is 12.1. The molecular formula is C22H23NO3. The summed E-state index contributed by atoms with van der Waals surface area (Å²) in [7, 11) is 1.61. The summed E-state index contributed by atoms with van der Waals surface area (Å²) in [5, 5.41) is 2.88. The number of carbonyl (C=O) groups excluding carboxylic acids is 1. The molecule has 0 atom stereocenters. The zero-order valence-electron chi connectivity index (χ0n) is 15.3. The van der Waals surface area contributed by atoms with Crippen LogP contribution >= 0.6 is 0 Å². The number of amides is 1. The molecule has 0 aliphatic carbocycles. The number of hydrogen-bond acceptors (Lipinski definition) is 3. The number of furan rings is 1. The maximum Gasteiger partial charge on any atom is 0.224 e. The second kappa shape index (κ2) is 7.91. The maximum absolute atomic E-state index is 12.1. The van der Waals surface area contributed by atoms with Crippen molar-refractivity contribution in [1.82, 2.24) is 0 Å². The van der Waals surface area contributed by atoms with Gasteiger partial charge in [0.2, 0.25) is 5.91 Å². The van der Waals surface area contributed by atoms with Crippen LogP contribution in [0.3, 0.4) is 0 Å². The van der Waals surface area contributed by atoms with Gasteiger partial charge in [-0.15, -0.1) is 0 Å². The van der Waals surface area contributed by atoms with E-state index in [0.29, 0.717) is 12.8 Å². The number of ether oxygens (including phenoxy) is 1. The molecule has 4 heteroatoms. The van der Waals surface area contributed by atoms with Crippen molar-refractivity contribution in [2.45, 2.75) is 26.7 Å². The molecule has 4 nitrogen and oxygen atoms in total. The Bertz CT molecular complexity index is 894. The normalized spacial score (nSPS) is 10.6. The van der Waals surface area contributed by atoms with Crippen LogP contribution in [-0.4, -0.2) is 13.0 Å². The van der Waals surface area contributed by atoms with Gasteiger partial charge in [-0.25, -0.2) is 0 Å². The highest BCUT2D eigenvalue weighted by Gasteiger charge is 2.09. The molecule has 0 radical (unpaired) electrons. The molecule has 134 valence electrons. The predicted octanol–water partition coefficient (Wildman–Crippen LogP) is 5.14. The van der Waals surface area contributed by atoms with Crippen molar-refractivity contribution in [2.24, 2.45) is 0 Å². The van der Waals surface area contributed by atoms with E-state index in [1.54, 1.807) is 7.11 Å². The Morgan fingerprint density at radius 3 is 2.46 bits per heavy atom. The first kappa shape index (κ1) is 17.8. The van der Waals surface area contributed by atoms with E-state index in [1.807, 2.05) is 36.4 Å². The van der Waals surface area contributed by atoms with Crippen molar-refractivity contribution < 1.29 is 13.9 Å². The number of rotatable bonds is 6. The molecule has 0 bridgehead atoms. The topological polar surface area (TPSA) is 51.5 Å². The fourth-order valence-corrected chi connectivity index (χ4v) is 2.70. The van der Waals surface area contributed by atoms with Gasteiger partial charge in [0.05, 0.1) is 7.11 Å². The predicted molar refractivity (Wildman–Crippen MR) is 104 cm³/mol. The van der Waals surface area contributed by atoms with Crippen molar-refractivity contribution in [3.63, 3.8) is 0 Å². The summed E-state index contributed by atoms with van der Waals surface area (Å²) in [5.41, 5.74) is 4.31. The summed E-state index contributed by atoms with van der Waals surface area (Å²) in [6.07, 6.45) is 0.929. The van der Waals surface area contributed by atoms with Gasteiger partial charge in [0.25, 0.3) is 0 Å². The van der Waals surface area contributed by atoms with Gasteiger partial charge in [-0.1, -0.05) is 12.1 Å². The summed E-state index contributed by atoms with van der Waals surface area (Å²) >= 11 is 0. The van der Waals surface area contributed by atoms with E-state index < -0.39 is 0 Å². The number of methoxy groups -OCH3 is 1. The summed E-state index contributed by atoms with van der Waals surface area (Å²) in [6, 6.07) is 17.4. The minimum absolute atomic E-state index is 0.0423. The smallest absolute Gasteiger partial charge is 0.224 e. The molecule has 2 aromatic carbocycles. The molecule has 1 heterocycles. The molecule has 0 saturated carbocycles. The van der Waals surface area contributed by atoms with Crippen molar-refractivity contribution in [2.75, 3.05) is 12.4 Å². The minimum atomic E-state index is -0.0423. The third-order valence-electron chi connectivity index (χ3n) is 4.43. The van der Waals surface area contributed by atoms with Gasteiger partial charge >= 0.3 is 0 Å². The quantitative estimate of drug-likeness (QED) is 0.670. The van der Waals surface area contributed by atoms with Gasteiger partial charge in [0, 0.05) is 24.1 Å². The summed E-state index contributed by atoms with van der Waals surface area (Å²) in [6.45, 7) is 4.18. The zero-order valence-corrected chi connectivity index (χ0v) is 15.3. The Morgan fingerprint density at radius 2 is 1.77 bits per heavy atom. The molecule has 0 unspecified atom stereocenters. The van der Waals surface area contributed by atoms with Gasteiger partial charge in [-0.3, -0.25) is 4.79 Å². The Labute approximate surface area is 153 Å². The summed E-state index contributed by atoms with van der Waals surface area (Å²) < 4.78 is 11.0. The van der Waals surface area contributed by atoms with E-state index in [-0.39, 0.29) is 5.91 Å². The van der Waals surface area contributed by atoms with E-state index in [2.05, 4.69) is 37.4 Å². The van der Waals surface area contributed by atoms with Crippen molar-refractivity contribution in [3.05, 3.63) is 71.5 Å². The monoisotopic (exact) mass is 349 g/mol. The van der Waals surface area contributed by atoms with Gasteiger partial charge in [0.15, 0.2) is 0 Å². The first-order chi connectivity index (χ1) is 12.5. The Kier molecular flexibility index (Phi) is 5.42. The lowest BCUT2D eigenvalue weighted by Gasteiger charge is -2.06. The number of benzene rings is 2. The average Bonchev–Trinajstić information content (AvgIpc) is 3.12. The van der Waals surface area contributed by atoms with Crippen LogP contribution in [0.5, 0.6) is 5.75 Å². The second-order valence-corrected chi connectivity index (χ2v) is 6.34. The van der Waals surface area contributed by atoms with Gasteiger partial charge in [-0.2, -0.15) is 0 Å². The van der Waals surface area contributed by atoms with E-state index in [9.17, 15) is 4.79 Å². The Hall–Kier alpha value is -3.01. The van der Waals surface area contributed by atoms with Crippen LogP contribution < -0.4 is 10.1 Å². The molecule has 1 N–H and O–H groups in total.